The monoisotopic (exact) mass is 408 g/mol. The van der Waals surface area contributed by atoms with Crippen molar-refractivity contribution in [2.24, 2.45) is 0 Å². The molecule has 1 aliphatic rings. The second-order valence-electron chi connectivity index (χ2n) is 5.15. The molecule has 0 amide bonds. The first-order valence-electron chi connectivity index (χ1n) is 7.10. The van der Waals surface area contributed by atoms with Crippen LogP contribution in [0.2, 0.25) is 0 Å². The molecule has 2 aromatic carbocycles. The fourth-order valence-electron chi connectivity index (χ4n) is 2.21. The number of aliphatic hydroxyl groups excluding tert-OH is 1. The number of aliphatic hydroxyl groups is 1. The third-order valence-electron chi connectivity index (χ3n) is 3.44. The Morgan fingerprint density at radius 3 is 2.14 bits per heavy atom. The van der Waals surface area contributed by atoms with Crippen molar-refractivity contribution in [1.29, 1.82) is 0 Å². The summed E-state index contributed by atoms with van der Waals surface area (Å²) in [7, 11) is 0. The van der Waals surface area contributed by atoms with E-state index < -0.39 is 0 Å². The molecule has 1 fully saturated rings. The number of thioether (sulfide) groups is 1. The predicted octanol–water partition coefficient (Wildman–Crippen LogP) is 4.97. The van der Waals surface area contributed by atoms with Crippen molar-refractivity contribution < 1.29 is 5.11 Å². The Bertz CT molecular complexity index is 627. The third kappa shape index (κ3) is 4.11. The van der Waals surface area contributed by atoms with Gasteiger partial charge in [0.15, 0.2) is 0 Å². The van der Waals surface area contributed by atoms with Gasteiger partial charge in [0.25, 0.3) is 0 Å². The summed E-state index contributed by atoms with van der Waals surface area (Å²) in [5.74, 6) is 0. The van der Waals surface area contributed by atoms with Crippen LogP contribution in [0.15, 0.2) is 59.5 Å². The number of hydrogen-bond donors (Lipinski definition) is 1. The lowest BCUT2D eigenvalue weighted by Crippen LogP contribution is -1.91. The van der Waals surface area contributed by atoms with E-state index in [1.165, 1.54) is 21.3 Å². The molecule has 0 saturated heterocycles. The predicted molar refractivity (Wildman–Crippen MR) is 98.6 cm³/mol. The smallest absolute Gasteiger partial charge is 0.0621 e. The Morgan fingerprint density at radius 1 is 1.05 bits per heavy atom. The number of hydrogen-bond acceptors (Lipinski definition) is 2. The summed E-state index contributed by atoms with van der Waals surface area (Å²) in [5, 5.41) is 10.1. The van der Waals surface area contributed by atoms with Gasteiger partial charge >= 0.3 is 0 Å². The zero-order chi connectivity index (χ0) is 14.7. The van der Waals surface area contributed by atoms with Crippen LogP contribution in [-0.4, -0.2) is 17.0 Å². The van der Waals surface area contributed by atoms with Crippen LogP contribution in [0.5, 0.6) is 0 Å². The average molecular weight is 408 g/mol. The molecule has 0 atom stereocenters. The Balaban J connectivity index is 1.86. The summed E-state index contributed by atoms with van der Waals surface area (Å²) in [6, 6.07) is 17.1. The first kappa shape index (κ1) is 15.1. The highest BCUT2D eigenvalue weighted by molar-refractivity contribution is 14.1. The van der Waals surface area contributed by atoms with E-state index in [0.29, 0.717) is 0 Å². The second-order valence-corrected chi connectivity index (χ2v) is 7.77. The first-order chi connectivity index (χ1) is 10.3. The summed E-state index contributed by atoms with van der Waals surface area (Å²) < 4.78 is 1.22. The van der Waals surface area contributed by atoms with Gasteiger partial charge in [-0.2, -0.15) is 0 Å². The number of rotatable bonds is 5. The first-order valence-corrected chi connectivity index (χ1v) is 9.06. The Kier molecular flexibility index (Phi) is 5.03. The Hall–Kier alpha value is -0.780. The third-order valence-corrected chi connectivity index (χ3v) is 5.51. The molecule has 3 heteroatoms. The average Bonchev–Trinajstić information content (AvgIpc) is 3.31. The van der Waals surface area contributed by atoms with Crippen molar-refractivity contribution in [3.8, 4) is 0 Å². The van der Waals surface area contributed by atoms with Crippen LogP contribution in [0, 0.1) is 3.57 Å². The van der Waals surface area contributed by atoms with Gasteiger partial charge in [-0.15, -0.1) is 11.8 Å². The zero-order valence-electron chi connectivity index (χ0n) is 11.6. The number of benzene rings is 2. The number of halogens is 1. The maximum atomic E-state index is 9.31. The van der Waals surface area contributed by atoms with Gasteiger partial charge in [0, 0.05) is 13.7 Å². The highest BCUT2D eigenvalue weighted by atomic mass is 127. The van der Waals surface area contributed by atoms with Gasteiger partial charge in [0.05, 0.1) is 6.61 Å². The molecule has 21 heavy (non-hydrogen) atoms. The summed E-state index contributed by atoms with van der Waals surface area (Å²) in [6.45, 7) is 0.0555. The molecule has 2 aromatic rings. The van der Waals surface area contributed by atoms with Gasteiger partial charge in [-0.1, -0.05) is 30.3 Å². The van der Waals surface area contributed by atoms with E-state index in [4.69, 9.17) is 0 Å². The summed E-state index contributed by atoms with van der Waals surface area (Å²) in [5.41, 5.74) is 3.40. The van der Waals surface area contributed by atoms with E-state index in [1.807, 2.05) is 17.8 Å². The molecule has 1 saturated carbocycles. The highest BCUT2D eigenvalue weighted by Gasteiger charge is 2.22. The van der Waals surface area contributed by atoms with Crippen molar-refractivity contribution in [2.45, 2.75) is 23.0 Å². The Labute approximate surface area is 143 Å². The van der Waals surface area contributed by atoms with Gasteiger partial charge in [-0.3, -0.25) is 0 Å². The van der Waals surface area contributed by atoms with Crippen molar-refractivity contribution in [3.05, 3.63) is 69.3 Å². The lowest BCUT2D eigenvalue weighted by Gasteiger charge is -2.09. The van der Waals surface area contributed by atoms with E-state index in [2.05, 4.69) is 71.1 Å². The molecule has 0 aromatic heterocycles. The van der Waals surface area contributed by atoms with Gasteiger partial charge in [0.1, 0.15) is 0 Å². The molecular weight excluding hydrogens is 391 g/mol. The van der Waals surface area contributed by atoms with Crippen molar-refractivity contribution in [3.63, 3.8) is 0 Å². The topological polar surface area (TPSA) is 20.2 Å². The molecular formula is C18H17IOS. The zero-order valence-corrected chi connectivity index (χ0v) is 14.6. The summed E-state index contributed by atoms with van der Waals surface area (Å²) in [6.07, 6.45) is 4.58. The highest BCUT2D eigenvalue weighted by Crippen LogP contribution is 2.39. The summed E-state index contributed by atoms with van der Waals surface area (Å²) in [4.78, 5) is 1.34. The SMILES string of the molecule is OC/C=C(\c1ccc(I)cc1)c1ccc(SC2CC2)cc1. The lowest BCUT2D eigenvalue weighted by molar-refractivity contribution is 0.343. The van der Waals surface area contributed by atoms with E-state index in [9.17, 15) is 5.11 Å². The largest absolute Gasteiger partial charge is 0.392 e. The van der Waals surface area contributed by atoms with Gasteiger partial charge < -0.3 is 5.11 Å². The van der Waals surface area contributed by atoms with Gasteiger partial charge in [-0.05, 0) is 76.4 Å². The van der Waals surface area contributed by atoms with E-state index >= 15 is 0 Å². The van der Waals surface area contributed by atoms with Crippen molar-refractivity contribution in [2.75, 3.05) is 6.61 Å². The van der Waals surface area contributed by atoms with Crippen LogP contribution in [-0.2, 0) is 0 Å². The molecule has 1 N–H and O–H groups in total. The molecule has 0 bridgehead atoms. The van der Waals surface area contributed by atoms with Crippen LogP contribution in [0.4, 0.5) is 0 Å². The van der Waals surface area contributed by atoms with Gasteiger partial charge in [0.2, 0.25) is 0 Å². The molecule has 0 aliphatic heterocycles. The summed E-state index contributed by atoms with van der Waals surface area (Å²) >= 11 is 4.28. The van der Waals surface area contributed by atoms with Crippen molar-refractivity contribution >= 4 is 39.9 Å². The molecule has 0 unspecified atom stereocenters. The molecule has 0 heterocycles. The standard InChI is InChI=1S/C18H17IOS/c19-15-5-1-13(2-6-15)18(11-12-20)14-3-7-16(8-4-14)21-17-9-10-17/h1-8,11,17,20H,9-10,12H2/b18-11+. The molecule has 1 nitrogen and oxygen atoms in total. The molecule has 0 spiro atoms. The molecule has 108 valence electrons. The lowest BCUT2D eigenvalue weighted by atomic mass is 9.98. The maximum absolute atomic E-state index is 9.31. The van der Waals surface area contributed by atoms with Crippen molar-refractivity contribution in [1.82, 2.24) is 0 Å². The fraction of sp³-hybridized carbons (Fsp3) is 0.222. The van der Waals surface area contributed by atoms with E-state index in [-0.39, 0.29) is 6.61 Å². The van der Waals surface area contributed by atoms with Crippen LogP contribution >= 0.6 is 34.4 Å². The Morgan fingerprint density at radius 2 is 1.62 bits per heavy atom. The van der Waals surface area contributed by atoms with E-state index in [1.54, 1.807) is 0 Å². The van der Waals surface area contributed by atoms with E-state index in [0.717, 1.165) is 21.9 Å². The normalized spacial score (nSPS) is 15.2. The maximum Gasteiger partial charge on any atom is 0.0621 e. The van der Waals surface area contributed by atoms with Gasteiger partial charge in [-0.25, -0.2) is 0 Å². The van der Waals surface area contributed by atoms with Crippen LogP contribution in [0.1, 0.15) is 24.0 Å². The fourth-order valence-corrected chi connectivity index (χ4v) is 3.62. The minimum atomic E-state index is 0.0555. The molecule has 1 aliphatic carbocycles. The quantitative estimate of drug-likeness (QED) is 0.705. The molecule has 3 rings (SSSR count). The van der Waals surface area contributed by atoms with Crippen LogP contribution < -0.4 is 0 Å². The van der Waals surface area contributed by atoms with Crippen LogP contribution in [0.3, 0.4) is 0 Å². The second kappa shape index (κ2) is 6.99. The molecule has 0 radical (unpaired) electrons. The minimum absolute atomic E-state index is 0.0555. The van der Waals surface area contributed by atoms with Crippen LogP contribution in [0.25, 0.3) is 5.57 Å². The minimum Gasteiger partial charge on any atom is -0.392 e.